The lowest BCUT2D eigenvalue weighted by Gasteiger charge is -2.26. The van der Waals surface area contributed by atoms with Crippen LogP contribution in [0.25, 0.3) is 126 Å². The third kappa shape index (κ3) is 7.12. The van der Waals surface area contributed by atoms with E-state index in [1.165, 1.54) is 76.4 Å². The summed E-state index contributed by atoms with van der Waals surface area (Å²) in [4.78, 5) is 2.33. The minimum Gasteiger partial charge on any atom is -0.455 e. The van der Waals surface area contributed by atoms with Crippen LogP contribution in [0.15, 0.2) is 283 Å². The van der Waals surface area contributed by atoms with Crippen LogP contribution in [-0.2, 0) is 0 Å². The maximum atomic E-state index is 6.44. The van der Waals surface area contributed by atoms with Gasteiger partial charge in [0.1, 0.15) is 11.2 Å². The standard InChI is InChI=1S/C72H46N2O/c1-3-14-47(15-4-1)48-26-28-49(29-27-48)52-34-42-69-67(44-52)68-45-53(35-43-70(68)74(69)57-40-41-63-61-20-8-7-18-59(61)60-19-9-10-21-62(60)66(63)46-57)50-30-36-55(37-31-50)73(54-16-5-2-6-17-54)56-38-32-51(33-39-56)58-23-13-24-65-64-22-11-12-25-71(64)75-72(58)65/h1-46H. The van der Waals surface area contributed by atoms with Gasteiger partial charge in [-0.1, -0.05) is 200 Å². The summed E-state index contributed by atoms with van der Waals surface area (Å²) in [6.07, 6.45) is 0. The molecule has 0 N–H and O–H groups in total. The third-order valence-corrected chi connectivity index (χ3v) is 15.4. The molecule has 0 radical (unpaired) electrons. The van der Waals surface area contributed by atoms with E-state index >= 15 is 0 Å². The van der Waals surface area contributed by atoms with E-state index < -0.39 is 0 Å². The van der Waals surface area contributed by atoms with Gasteiger partial charge in [0.25, 0.3) is 0 Å². The molecule has 0 aliphatic rings. The molecule has 0 saturated carbocycles. The van der Waals surface area contributed by atoms with Crippen LogP contribution in [0.1, 0.15) is 0 Å². The van der Waals surface area contributed by atoms with Gasteiger partial charge >= 0.3 is 0 Å². The first-order valence-electron chi connectivity index (χ1n) is 25.7. The van der Waals surface area contributed by atoms with E-state index in [2.05, 4.69) is 276 Å². The number of rotatable bonds is 8. The quantitative estimate of drug-likeness (QED) is 0.142. The summed E-state index contributed by atoms with van der Waals surface area (Å²) in [6.45, 7) is 0. The number of anilines is 3. The molecule has 0 spiro atoms. The zero-order valence-electron chi connectivity index (χ0n) is 40.9. The van der Waals surface area contributed by atoms with Crippen molar-refractivity contribution in [1.82, 2.24) is 4.57 Å². The average Bonchev–Trinajstić information content (AvgIpc) is 4.04. The van der Waals surface area contributed by atoms with Crippen LogP contribution in [0.2, 0.25) is 0 Å². The van der Waals surface area contributed by atoms with Crippen LogP contribution in [0.5, 0.6) is 0 Å². The number of furan rings is 1. The maximum absolute atomic E-state index is 6.44. The predicted octanol–water partition coefficient (Wildman–Crippen LogP) is 20.3. The highest BCUT2D eigenvalue weighted by Gasteiger charge is 2.19. The smallest absolute Gasteiger partial charge is 0.143 e. The number of aromatic nitrogens is 1. The van der Waals surface area contributed by atoms with Crippen molar-refractivity contribution in [3.8, 4) is 50.2 Å². The molecule has 3 nitrogen and oxygen atoms in total. The van der Waals surface area contributed by atoms with E-state index in [0.717, 1.165) is 66.9 Å². The molecular formula is C72H46N2O. The van der Waals surface area contributed by atoms with Crippen LogP contribution in [0, 0.1) is 0 Å². The summed E-state index contributed by atoms with van der Waals surface area (Å²) in [5.41, 5.74) is 17.9. The fraction of sp³-hybridized carbons (Fsp3) is 0. The van der Waals surface area contributed by atoms with Gasteiger partial charge in [-0.3, -0.25) is 0 Å². The Bertz CT molecular complexity index is 4630. The Kier molecular flexibility index (Phi) is 9.89. The Morgan fingerprint density at radius 3 is 1.28 bits per heavy atom. The lowest BCUT2D eigenvalue weighted by atomic mass is 9.94. The second-order valence-electron chi connectivity index (χ2n) is 19.6. The number of nitrogens with zero attached hydrogens (tertiary/aromatic N) is 2. The number of fused-ring (bicyclic) bond motifs is 12. The summed E-state index contributed by atoms with van der Waals surface area (Å²) in [6, 6.07) is 101. The van der Waals surface area contributed by atoms with Gasteiger partial charge in [0.2, 0.25) is 0 Å². The molecular weight excluding hydrogens is 909 g/mol. The molecule has 0 aliphatic heterocycles. The van der Waals surface area contributed by atoms with Crippen LogP contribution >= 0.6 is 0 Å². The highest BCUT2D eigenvalue weighted by atomic mass is 16.3. The molecule has 0 saturated heterocycles. The van der Waals surface area contributed by atoms with Gasteiger partial charge in [-0.2, -0.15) is 0 Å². The molecule has 75 heavy (non-hydrogen) atoms. The van der Waals surface area contributed by atoms with E-state index in [1.807, 2.05) is 12.1 Å². The number of benzene rings is 13. The van der Waals surface area contributed by atoms with Crippen LogP contribution < -0.4 is 4.90 Å². The van der Waals surface area contributed by atoms with Crippen molar-refractivity contribution >= 4 is 93.1 Å². The Balaban J connectivity index is 0.838. The highest BCUT2D eigenvalue weighted by Crippen LogP contribution is 2.43. The Morgan fingerprint density at radius 1 is 0.253 bits per heavy atom. The first kappa shape index (κ1) is 42.7. The van der Waals surface area contributed by atoms with Gasteiger partial charge < -0.3 is 13.9 Å². The van der Waals surface area contributed by atoms with Gasteiger partial charge in [-0.05, 0) is 150 Å². The molecule has 0 aliphatic carbocycles. The number of hydrogen-bond acceptors (Lipinski definition) is 2. The van der Waals surface area contributed by atoms with Gasteiger partial charge in [0.05, 0.1) is 11.0 Å². The molecule has 15 aromatic rings. The highest BCUT2D eigenvalue weighted by molar-refractivity contribution is 6.26. The topological polar surface area (TPSA) is 21.3 Å². The molecule has 3 heteroatoms. The Morgan fingerprint density at radius 2 is 0.680 bits per heavy atom. The zero-order valence-corrected chi connectivity index (χ0v) is 40.9. The normalized spacial score (nSPS) is 11.7. The molecule has 0 fully saturated rings. The van der Waals surface area contributed by atoms with Crippen molar-refractivity contribution in [1.29, 1.82) is 0 Å². The second kappa shape index (κ2) is 17.4. The van der Waals surface area contributed by atoms with Crippen molar-refractivity contribution in [2.45, 2.75) is 0 Å². The summed E-state index contributed by atoms with van der Waals surface area (Å²) in [7, 11) is 0. The summed E-state index contributed by atoms with van der Waals surface area (Å²) in [5.74, 6) is 0. The van der Waals surface area contributed by atoms with Crippen molar-refractivity contribution in [2.75, 3.05) is 4.90 Å². The molecule has 2 aromatic heterocycles. The van der Waals surface area contributed by atoms with E-state index in [0.29, 0.717) is 0 Å². The minimum absolute atomic E-state index is 0.904. The largest absolute Gasteiger partial charge is 0.455 e. The second-order valence-corrected chi connectivity index (χ2v) is 19.6. The van der Waals surface area contributed by atoms with Gasteiger partial charge in [0, 0.05) is 49.9 Å². The molecule has 13 aromatic carbocycles. The Hall–Kier alpha value is -9.96. The van der Waals surface area contributed by atoms with Crippen molar-refractivity contribution in [3.05, 3.63) is 279 Å². The first-order valence-corrected chi connectivity index (χ1v) is 25.7. The summed E-state index contributed by atoms with van der Waals surface area (Å²) < 4.78 is 8.90. The monoisotopic (exact) mass is 954 g/mol. The summed E-state index contributed by atoms with van der Waals surface area (Å²) in [5, 5.41) is 12.3. The molecule has 350 valence electrons. The van der Waals surface area contributed by atoms with Crippen molar-refractivity contribution in [2.24, 2.45) is 0 Å². The fourth-order valence-corrected chi connectivity index (χ4v) is 11.8. The summed E-state index contributed by atoms with van der Waals surface area (Å²) >= 11 is 0. The van der Waals surface area contributed by atoms with Crippen molar-refractivity contribution in [3.63, 3.8) is 0 Å². The minimum atomic E-state index is 0.904. The first-order chi connectivity index (χ1) is 37.2. The number of hydrogen-bond donors (Lipinski definition) is 0. The lowest BCUT2D eigenvalue weighted by molar-refractivity contribution is 0.670. The van der Waals surface area contributed by atoms with E-state index in [9.17, 15) is 0 Å². The molecule has 15 rings (SSSR count). The van der Waals surface area contributed by atoms with Crippen LogP contribution in [-0.4, -0.2) is 4.57 Å². The van der Waals surface area contributed by atoms with Gasteiger partial charge in [-0.25, -0.2) is 0 Å². The molecule has 0 atom stereocenters. The number of para-hydroxylation sites is 3. The van der Waals surface area contributed by atoms with Gasteiger partial charge in [0.15, 0.2) is 0 Å². The van der Waals surface area contributed by atoms with Crippen LogP contribution in [0.4, 0.5) is 17.1 Å². The molecule has 0 amide bonds. The maximum Gasteiger partial charge on any atom is 0.143 e. The van der Waals surface area contributed by atoms with Crippen LogP contribution in [0.3, 0.4) is 0 Å². The fourth-order valence-electron chi connectivity index (χ4n) is 11.8. The third-order valence-electron chi connectivity index (χ3n) is 15.4. The predicted molar refractivity (Wildman–Crippen MR) is 317 cm³/mol. The zero-order chi connectivity index (χ0) is 49.4. The molecule has 2 heterocycles. The van der Waals surface area contributed by atoms with E-state index in [4.69, 9.17) is 4.42 Å². The molecule has 0 unspecified atom stereocenters. The average molecular weight is 955 g/mol. The SMILES string of the molecule is c1ccc(-c2ccc(-c3ccc4c(c3)c3cc(-c5ccc(N(c6ccccc6)c6ccc(-c7cccc8c7oc7ccccc78)cc6)cc5)ccc3n4-c3ccc4c5ccccc5c5ccccc5c4c3)cc2)cc1. The van der Waals surface area contributed by atoms with E-state index in [-0.39, 0.29) is 0 Å². The van der Waals surface area contributed by atoms with E-state index in [1.54, 1.807) is 0 Å². The molecule has 0 bridgehead atoms. The van der Waals surface area contributed by atoms with Gasteiger partial charge in [-0.15, -0.1) is 0 Å². The van der Waals surface area contributed by atoms with Crippen molar-refractivity contribution < 1.29 is 4.42 Å². The lowest BCUT2D eigenvalue weighted by Crippen LogP contribution is -2.09. The Labute approximate surface area is 434 Å².